The number of ether oxygens (including phenoxy) is 2. The van der Waals surface area contributed by atoms with Crippen molar-refractivity contribution in [3.05, 3.63) is 47.0 Å². The maximum Gasteiger partial charge on any atom is 0.111 e. The molecule has 0 bridgehead atoms. The van der Waals surface area contributed by atoms with E-state index in [0.29, 0.717) is 0 Å². The van der Waals surface area contributed by atoms with E-state index in [0.717, 1.165) is 16.7 Å². The van der Waals surface area contributed by atoms with E-state index < -0.39 is 74.3 Å². The average Bonchev–Trinajstić information content (AvgIpc) is 2.85. The molecule has 1 aromatic rings. The molecule has 10 heteroatoms. The first-order valence-corrected chi connectivity index (χ1v) is 11.7. The molecule has 35 heavy (non-hydrogen) atoms. The van der Waals surface area contributed by atoms with Crippen LogP contribution in [-0.2, 0) is 9.47 Å². The van der Waals surface area contributed by atoms with Crippen LogP contribution in [-0.4, -0.2) is 115 Å². The zero-order valence-electron chi connectivity index (χ0n) is 19.5. The molecular weight excluding hydrogens is 460 g/mol. The predicted octanol–water partition coefficient (Wildman–Crippen LogP) is -1.51. The van der Waals surface area contributed by atoms with E-state index in [4.69, 9.17) is 9.47 Å². The minimum absolute atomic E-state index is 0.279. The molecule has 0 saturated carbocycles. The Morgan fingerprint density at radius 1 is 0.657 bits per heavy atom. The van der Waals surface area contributed by atoms with Gasteiger partial charge < -0.3 is 50.3 Å². The number of rotatable bonds is 8. The van der Waals surface area contributed by atoms with Gasteiger partial charge in [0.1, 0.15) is 48.8 Å². The summed E-state index contributed by atoms with van der Waals surface area (Å²) in [6.07, 6.45) is -3.60. The smallest absolute Gasteiger partial charge is 0.111 e. The predicted molar refractivity (Wildman–Crippen MR) is 126 cm³/mol. The van der Waals surface area contributed by atoms with Crippen LogP contribution in [0.15, 0.2) is 30.4 Å². The third-order valence-corrected chi connectivity index (χ3v) is 6.62. The highest BCUT2D eigenvalue weighted by Gasteiger charge is 2.43. The van der Waals surface area contributed by atoms with Gasteiger partial charge in [-0.3, -0.25) is 0 Å². The standard InChI is InChI=1S/C25H36O10/c1-13-10-14(4-2-6-16-20(28)24(32)22(30)18(11-26)34-16)8-9-15(13)5-3-7-17-21(29)25(33)23(31)19(12-27)35-17/h2-5,8-10,16-33H,6-7,11-12H2,1H3/t16-,17-,18-,19-,20-,21-,22-,23-,24-,25-/m1/s1. The molecular formula is C25H36O10. The lowest BCUT2D eigenvalue weighted by molar-refractivity contribution is -0.227. The summed E-state index contributed by atoms with van der Waals surface area (Å²) in [6, 6.07) is 5.76. The zero-order valence-corrected chi connectivity index (χ0v) is 19.5. The van der Waals surface area contributed by atoms with Crippen LogP contribution in [0.2, 0.25) is 0 Å². The SMILES string of the molecule is Cc1cc(C=CC[C@H]2O[C@H](CO)[C@@H](O)[C@H](O)[C@@H]2O)ccc1C=CC[C@H]1O[C@H](CO)[C@@H](O)[C@H](O)[C@@H]1O. The fourth-order valence-electron chi connectivity index (χ4n) is 4.40. The Hall–Kier alpha value is -1.70. The van der Waals surface area contributed by atoms with Crippen LogP contribution >= 0.6 is 0 Å². The molecule has 2 aliphatic rings. The van der Waals surface area contributed by atoms with Gasteiger partial charge in [-0.1, -0.05) is 42.5 Å². The fraction of sp³-hybridized carbons (Fsp3) is 0.600. The molecule has 0 aliphatic carbocycles. The van der Waals surface area contributed by atoms with E-state index in [1.54, 1.807) is 12.2 Å². The average molecular weight is 497 g/mol. The molecule has 1 aromatic carbocycles. The number of aliphatic hydroxyl groups excluding tert-OH is 8. The van der Waals surface area contributed by atoms with Gasteiger partial charge in [0.15, 0.2) is 0 Å². The van der Waals surface area contributed by atoms with Crippen molar-refractivity contribution in [1.82, 2.24) is 0 Å². The van der Waals surface area contributed by atoms with Gasteiger partial charge in [0.25, 0.3) is 0 Å². The summed E-state index contributed by atoms with van der Waals surface area (Å²) < 4.78 is 11.0. The van der Waals surface area contributed by atoms with Crippen LogP contribution in [0.5, 0.6) is 0 Å². The van der Waals surface area contributed by atoms with Crippen molar-refractivity contribution in [3.63, 3.8) is 0 Å². The number of hydrogen-bond acceptors (Lipinski definition) is 10. The second-order valence-corrected chi connectivity index (χ2v) is 9.13. The van der Waals surface area contributed by atoms with E-state index in [9.17, 15) is 40.9 Å². The second kappa shape index (κ2) is 12.5. The van der Waals surface area contributed by atoms with Crippen molar-refractivity contribution in [2.75, 3.05) is 13.2 Å². The van der Waals surface area contributed by atoms with Crippen LogP contribution in [0.4, 0.5) is 0 Å². The van der Waals surface area contributed by atoms with Crippen molar-refractivity contribution >= 4 is 12.2 Å². The highest BCUT2D eigenvalue weighted by Crippen LogP contribution is 2.25. The van der Waals surface area contributed by atoms with Gasteiger partial charge in [-0.05, 0) is 36.5 Å². The molecule has 10 atom stereocenters. The second-order valence-electron chi connectivity index (χ2n) is 9.13. The first-order chi connectivity index (χ1) is 16.7. The Labute approximate surface area is 204 Å². The Morgan fingerprint density at radius 2 is 1.11 bits per heavy atom. The van der Waals surface area contributed by atoms with Crippen molar-refractivity contribution in [3.8, 4) is 0 Å². The summed E-state index contributed by atoms with van der Waals surface area (Å²) in [5, 5.41) is 78.4. The number of aryl methyl sites for hydroxylation is 1. The van der Waals surface area contributed by atoms with Crippen molar-refractivity contribution < 1.29 is 50.3 Å². The van der Waals surface area contributed by atoms with Crippen LogP contribution in [0, 0.1) is 6.92 Å². The van der Waals surface area contributed by atoms with Crippen LogP contribution in [0.3, 0.4) is 0 Å². The molecule has 2 heterocycles. The molecule has 8 N–H and O–H groups in total. The van der Waals surface area contributed by atoms with Crippen molar-refractivity contribution in [2.24, 2.45) is 0 Å². The first-order valence-electron chi connectivity index (χ1n) is 11.7. The highest BCUT2D eigenvalue weighted by molar-refractivity contribution is 5.59. The molecule has 0 aromatic heterocycles. The van der Waals surface area contributed by atoms with Gasteiger partial charge in [0.05, 0.1) is 25.4 Å². The largest absolute Gasteiger partial charge is 0.394 e. The minimum atomic E-state index is -1.39. The minimum Gasteiger partial charge on any atom is -0.394 e. The lowest BCUT2D eigenvalue weighted by Crippen LogP contribution is -2.58. The van der Waals surface area contributed by atoms with Gasteiger partial charge in [0.2, 0.25) is 0 Å². The summed E-state index contributed by atoms with van der Waals surface area (Å²) in [5.74, 6) is 0. The normalized spacial score (nSPS) is 38.4. The maximum atomic E-state index is 10.1. The monoisotopic (exact) mass is 496 g/mol. The highest BCUT2D eigenvalue weighted by atomic mass is 16.5. The van der Waals surface area contributed by atoms with Gasteiger partial charge in [0, 0.05) is 0 Å². The molecule has 0 unspecified atom stereocenters. The Balaban J connectivity index is 1.57. The lowest BCUT2D eigenvalue weighted by Gasteiger charge is -2.39. The third kappa shape index (κ3) is 6.55. The van der Waals surface area contributed by atoms with Gasteiger partial charge in [-0.25, -0.2) is 0 Å². The van der Waals surface area contributed by atoms with Crippen LogP contribution in [0.25, 0.3) is 12.2 Å². The number of hydrogen-bond donors (Lipinski definition) is 8. The Bertz CT molecular complexity index is 870. The summed E-state index contributed by atoms with van der Waals surface area (Å²) in [7, 11) is 0. The van der Waals surface area contributed by atoms with Crippen LogP contribution < -0.4 is 0 Å². The zero-order chi connectivity index (χ0) is 25.7. The molecule has 0 amide bonds. The fourth-order valence-corrected chi connectivity index (χ4v) is 4.40. The van der Waals surface area contributed by atoms with E-state index in [1.807, 2.05) is 37.3 Å². The molecule has 2 saturated heterocycles. The topological polar surface area (TPSA) is 180 Å². The van der Waals surface area contributed by atoms with E-state index in [2.05, 4.69) is 0 Å². The first kappa shape index (κ1) is 27.9. The quantitative estimate of drug-likeness (QED) is 0.211. The summed E-state index contributed by atoms with van der Waals surface area (Å²) >= 11 is 0. The maximum absolute atomic E-state index is 10.1. The van der Waals surface area contributed by atoms with Crippen LogP contribution in [0.1, 0.15) is 29.5 Å². The molecule has 196 valence electrons. The lowest BCUT2D eigenvalue weighted by atomic mass is 9.93. The molecule has 3 rings (SSSR count). The molecule has 2 aliphatic heterocycles. The molecule has 2 fully saturated rings. The Morgan fingerprint density at radius 3 is 1.57 bits per heavy atom. The van der Waals surface area contributed by atoms with E-state index >= 15 is 0 Å². The van der Waals surface area contributed by atoms with Crippen molar-refractivity contribution in [1.29, 1.82) is 0 Å². The molecule has 10 nitrogen and oxygen atoms in total. The van der Waals surface area contributed by atoms with Gasteiger partial charge in [-0.2, -0.15) is 0 Å². The molecule has 0 radical (unpaired) electrons. The van der Waals surface area contributed by atoms with E-state index in [1.165, 1.54) is 0 Å². The summed E-state index contributed by atoms with van der Waals surface area (Å²) in [6.45, 7) is 1.01. The van der Waals surface area contributed by atoms with Crippen molar-refractivity contribution in [2.45, 2.75) is 80.8 Å². The third-order valence-electron chi connectivity index (χ3n) is 6.62. The number of benzene rings is 1. The van der Waals surface area contributed by atoms with Gasteiger partial charge >= 0.3 is 0 Å². The van der Waals surface area contributed by atoms with E-state index in [-0.39, 0.29) is 12.8 Å². The Kier molecular flexibility index (Phi) is 9.96. The number of aliphatic hydroxyl groups is 8. The van der Waals surface area contributed by atoms with Gasteiger partial charge in [-0.15, -0.1) is 0 Å². The summed E-state index contributed by atoms with van der Waals surface area (Å²) in [4.78, 5) is 0. The molecule has 0 spiro atoms. The summed E-state index contributed by atoms with van der Waals surface area (Å²) in [5.41, 5.74) is 2.81.